The summed E-state index contributed by atoms with van der Waals surface area (Å²) in [6.07, 6.45) is 7.11. The molecule has 84 valence electrons. The second-order valence-corrected chi connectivity index (χ2v) is 5.53. The zero-order chi connectivity index (χ0) is 10.8. The molecule has 0 amide bonds. The third kappa shape index (κ3) is 2.25. The van der Waals surface area contributed by atoms with Crippen molar-refractivity contribution in [3.63, 3.8) is 0 Å². The standard InChI is InChI=1S/C11H19N3S/c1-8-5-3-4-6-9(8)14(2)11-13-7-10(12)15-11/h7-9H,3-6,12H2,1-2H3. The topological polar surface area (TPSA) is 42.2 Å². The van der Waals surface area contributed by atoms with Crippen LogP contribution in [0.4, 0.5) is 10.1 Å². The summed E-state index contributed by atoms with van der Waals surface area (Å²) >= 11 is 1.58. The van der Waals surface area contributed by atoms with Crippen molar-refractivity contribution >= 4 is 21.5 Å². The van der Waals surface area contributed by atoms with Gasteiger partial charge in [0, 0.05) is 13.1 Å². The number of hydrogen-bond acceptors (Lipinski definition) is 4. The van der Waals surface area contributed by atoms with Gasteiger partial charge in [-0.15, -0.1) is 0 Å². The largest absolute Gasteiger partial charge is 0.389 e. The van der Waals surface area contributed by atoms with E-state index in [0.29, 0.717) is 6.04 Å². The molecule has 1 aromatic rings. The highest BCUT2D eigenvalue weighted by Gasteiger charge is 2.26. The van der Waals surface area contributed by atoms with Gasteiger partial charge in [-0.05, 0) is 18.8 Å². The van der Waals surface area contributed by atoms with Crippen LogP contribution in [0.1, 0.15) is 32.6 Å². The molecular weight excluding hydrogens is 206 g/mol. The Balaban J connectivity index is 2.09. The molecule has 1 aliphatic rings. The van der Waals surface area contributed by atoms with Gasteiger partial charge in [0.1, 0.15) is 5.00 Å². The first-order chi connectivity index (χ1) is 7.18. The number of nitrogen functional groups attached to an aromatic ring is 1. The van der Waals surface area contributed by atoms with Gasteiger partial charge in [0.2, 0.25) is 0 Å². The Labute approximate surface area is 95.3 Å². The summed E-state index contributed by atoms with van der Waals surface area (Å²) in [6, 6.07) is 0.643. The van der Waals surface area contributed by atoms with Crippen molar-refractivity contribution in [1.82, 2.24) is 4.98 Å². The normalized spacial score (nSPS) is 26.5. The summed E-state index contributed by atoms with van der Waals surface area (Å²) in [5, 5.41) is 1.87. The lowest BCUT2D eigenvalue weighted by molar-refractivity contribution is 0.321. The van der Waals surface area contributed by atoms with Crippen molar-refractivity contribution < 1.29 is 0 Å². The van der Waals surface area contributed by atoms with Crippen LogP contribution in [0.15, 0.2) is 6.20 Å². The molecule has 0 aromatic carbocycles. The Bertz CT molecular complexity index is 323. The first kappa shape index (κ1) is 10.7. The molecular formula is C11H19N3S. The zero-order valence-corrected chi connectivity index (χ0v) is 10.3. The number of aromatic nitrogens is 1. The van der Waals surface area contributed by atoms with Crippen molar-refractivity contribution in [1.29, 1.82) is 0 Å². The molecule has 0 aliphatic heterocycles. The number of rotatable bonds is 2. The van der Waals surface area contributed by atoms with Crippen LogP contribution in [-0.4, -0.2) is 18.1 Å². The molecule has 2 unspecified atom stereocenters. The van der Waals surface area contributed by atoms with Crippen LogP contribution in [0, 0.1) is 5.92 Å². The number of hydrogen-bond donors (Lipinski definition) is 1. The predicted octanol–water partition coefficient (Wildman–Crippen LogP) is 2.74. The van der Waals surface area contributed by atoms with Gasteiger partial charge in [0.05, 0.1) is 6.20 Å². The summed E-state index contributed by atoms with van der Waals surface area (Å²) < 4.78 is 0. The zero-order valence-electron chi connectivity index (χ0n) is 9.44. The Morgan fingerprint density at radius 1 is 1.47 bits per heavy atom. The summed E-state index contributed by atoms with van der Waals surface area (Å²) in [7, 11) is 2.14. The lowest BCUT2D eigenvalue weighted by Crippen LogP contribution is -2.38. The number of anilines is 2. The molecule has 1 aliphatic carbocycles. The van der Waals surface area contributed by atoms with E-state index < -0.39 is 0 Å². The van der Waals surface area contributed by atoms with Gasteiger partial charge in [-0.25, -0.2) is 4.98 Å². The third-order valence-electron chi connectivity index (χ3n) is 3.38. The Kier molecular flexibility index (Phi) is 3.14. The van der Waals surface area contributed by atoms with E-state index in [4.69, 9.17) is 5.73 Å². The van der Waals surface area contributed by atoms with Gasteiger partial charge in [-0.1, -0.05) is 31.1 Å². The average Bonchev–Trinajstić information content (AvgIpc) is 2.65. The monoisotopic (exact) mass is 225 g/mol. The van der Waals surface area contributed by atoms with E-state index in [0.717, 1.165) is 16.1 Å². The highest BCUT2D eigenvalue weighted by atomic mass is 32.1. The van der Waals surface area contributed by atoms with Crippen LogP contribution in [0.25, 0.3) is 0 Å². The van der Waals surface area contributed by atoms with Crippen LogP contribution in [0.3, 0.4) is 0 Å². The highest BCUT2D eigenvalue weighted by molar-refractivity contribution is 7.19. The smallest absolute Gasteiger partial charge is 0.187 e. The summed E-state index contributed by atoms with van der Waals surface area (Å²) in [4.78, 5) is 6.66. The van der Waals surface area contributed by atoms with E-state index in [1.807, 2.05) is 0 Å². The molecule has 2 atom stereocenters. The van der Waals surface area contributed by atoms with E-state index in [-0.39, 0.29) is 0 Å². The van der Waals surface area contributed by atoms with E-state index >= 15 is 0 Å². The van der Waals surface area contributed by atoms with Crippen LogP contribution < -0.4 is 10.6 Å². The Morgan fingerprint density at radius 3 is 2.80 bits per heavy atom. The maximum Gasteiger partial charge on any atom is 0.187 e. The van der Waals surface area contributed by atoms with Gasteiger partial charge < -0.3 is 10.6 Å². The van der Waals surface area contributed by atoms with Crippen molar-refractivity contribution in [3.05, 3.63) is 6.20 Å². The summed E-state index contributed by atoms with van der Waals surface area (Å²) in [6.45, 7) is 2.34. The molecule has 0 radical (unpaired) electrons. The van der Waals surface area contributed by atoms with Crippen LogP contribution >= 0.6 is 11.3 Å². The number of nitrogens with zero attached hydrogens (tertiary/aromatic N) is 2. The van der Waals surface area contributed by atoms with Gasteiger partial charge >= 0.3 is 0 Å². The molecule has 2 rings (SSSR count). The molecule has 3 nitrogen and oxygen atoms in total. The molecule has 0 bridgehead atoms. The highest BCUT2D eigenvalue weighted by Crippen LogP contribution is 2.32. The second-order valence-electron chi connectivity index (χ2n) is 4.49. The fourth-order valence-electron chi connectivity index (χ4n) is 2.45. The van der Waals surface area contributed by atoms with Crippen LogP contribution in [0.5, 0.6) is 0 Å². The number of thiazole rings is 1. The molecule has 1 heterocycles. The van der Waals surface area contributed by atoms with Crippen molar-refractivity contribution in [2.24, 2.45) is 5.92 Å². The van der Waals surface area contributed by atoms with Crippen LogP contribution in [-0.2, 0) is 0 Å². The number of nitrogens with two attached hydrogens (primary N) is 1. The van der Waals surface area contributed by atoms with Crippen molar-refractivity contribution in [2.45, 2.75) is 38.6 Å². The fraction of sp³-hybridized carbons (Fsp3) is 0.727. The first-order valence-electron chi connectivity index (χ1n) is 5.62. The van der Waals surface area contributed by atoms with E-state index in [9.17, 15) is 0 Å². The van der Waals surface area contributed by atoms with Crippen molar-refractivity contribution in [3.8, 4) is 0 Å². The van der Waals surface area contributed by atoms with Crippen molar-refractivity contribution in [2.75, 3.05) is 17.7 Å². The minimum atomic E-state index is 0.643. The minimum Gasteiger partial charge on any atom is -0.389 e. The van der Waals surface area contributed by atoms with Crippen LogP contribution in [0.2, 0.25) is 0 Å². The van der Waals surface area contributed by atoms with E-state index in [2.05, 4.69) is 23.9 Å². The maximum atomic E-state index is 5.71. The minimum absolute atomic E-state index is 0.643. The lowest BCUT2D eigenvalue weighted by Gasteiger charge is -2.36. The molecule has 1 aromatic heterocycles. The molecule has 1 fully saturated rings. The summed E-state index contributed by atoms with van der Waals surface area (Å²) in [5.74, 6) is 0.772. The van der Waals surface area contributed by atoms with Gasteiger partial charge in [0.15, 0.2) is 5.13 Å². The molecule has 1 saturated carbocycles. The van der Waals surface area contributed by atoms with Gasteiger partial charge in [0.25, 0.3) is 0 Å². The first-order valence-corrected chi connectivity index (χ1v) is 6.44. The molecule has 0 saturated heterocycles. The predicted molar refractivity (Wildman–Crippen MR) is 66.3 cm³/mol. The Hall–Kier alpha value is -0.770. The Morgan fingerprint density at radius 2 is 2.20 bits per heavy atom. The SMILES string of the molecule is CC1CCCCC1N(C)c1ncc(N)s1. The molecule has 15 heavy (non-hydrogen) atoms. The molecule has 0 spiro atoms. The average molecular weight is 225 g/mol. The molecule has 2 N–H and O–H groups in total. The maximum absolute atomic E-state index is 5.71. The fourth-order valence-corrected chi connectivity index (χ4v) is 3.15. The second kappa shape index (κ2) is 4.39. The molecule has 4 heteroatoms. The summed E-state index contributed by atoms with van der Waals surface area (Å²) in [5.41, 5.74) is 5.71. The quantitative estimate of drug-likeness (QED) is 0.841. The van der Waals surface area contributed by atoms with Gasteiger partial charge in [-0.2, -0.15) is 0 Å². The van der Waals surface area contributed by atoms with E-state index in [1.165, 1.54) is 25.7 Å². The van der Waals surface area contributed by atoms with E-state index in [1.54, 1.807) is 17.5 Å². The lowest BCUT2D eigenvalue weighted by atomic mass is 9.85. The third-order valence-corrected chi connectivity index (χ3v) is 4.29. The van der Waals surface area contributed by atoms with Gasteiger partial charge in [-0.3, -0.25) is 0 Å².